The SMILES string of the molecule is COC1COCc2cnnn21. The van der Waals surface area contributed by atoms with Gasteiger partial charge in [0.2, 0.25) is 0 Å². The summed E-state index contributed by atoms with van der Waals surface area (Å²) >= 11 is 0. The van der Waals surface area contributed by atoms with E-state index in [0.717, 1.165) is 5.69 Å². The average molecular weight is 155 g/mol. The zero-order chi connectivity index (χ0) is 7.68. The summed E-state index contributed by atoms with van der Waals surface area (Å²) in [5.74, 6) is 0. The van der Waals surface area contributed by atoms with E-state index in [4.69, 9.17) is 9.47 Å². The van der Waals surface area contributed by atoms with Gasteiger partial charge in [-0.25, -0.2) is 4.68 Å². The Morgan fingerprint density at radius 2 is 2.73 bits per heavy atom. The molecule has 5 nitrogen and oxygen atoms in total. The number of aromatic nitrogens is 3. The average Bonchev–Trinajstić information content (AvgIpc) is 2.50. The molecule has 0 radical (unpaired) electrons. The van der Waals surface area contributed by atoms with Crippen molar-refractivity contribution >= 4 is 0 Å². The Morgan fingerprint density at radius 1 is 1.82 bits per heavy atom. The third-order valence-electron chi connectivity index (χ3n) is 1.70. The van der Waals surface area contributed by atoms with Crippen LogP contribution in [-0.4, -0.2) is 28.7 Å². The largest absolute Gasteiger partial charge is 0.370 e. The highest BCUT2D eigenvalue weighted by Crippen LogP contribution is 2.15. The van der Waals surface area contributed by atoms with E-state index in [-0.39, 0.29) is 6.23 Å². The Morgan fingerprint density at radius 3 is 3.55 bits per heavy atom. The summed E-state index contributed by atoms with van der Waals surface area (Å²) in [6, 6.07) is 0. The normalized spacial score (nSPS) is 23.2. The minimum atomic E-state index is -0.110. The van der Waals surface area contributed by atoms with Crippen LogP contribution in [0.25, 0.3) is 0 Å². The molecule has 5 heteroatoms. The molecule has 0 fully saturated rings. The van der Waals surface area contributed by atoms with Crippen molar-refractivity contribution in [2.75, 3.05) is 13.7 Å². The topological polar surface area (TPSA) is 49.2 Å². The molecule has 1 unspecified atom stereocenters. The predicted molar refractivity (Wildman–Crippen MR) is 35.7 cm³/mol. The second-order valence-electron chi connectivity index (χ2n) is 2.38. The van der Waals surface area contributed by atoms with Gasteiger partial charge in [0, 0.05) is 7.11 Å². The van der Waals surface area contributed by atoms with Gasteiger partial charge in [-0.3, -0.25) is 0 Å². The summed E-state index contributed by atoms with van der Waals surface area (Å²) in [5.41, 5.74) is 0.961. The molecule has 1 aliphatic rings. The molecule has 0 N–H and O–H groups in total. The van der Waals surface area contributed by atoms with Crippen molar-refractivity contribution in [3.8, 4) is 0 Å². The van der Waals surface area contributed by atoms with Gasteiger partial charge in [-0.05, 0) is 0 Å². The lowest BCUT2D eigenvalue weighted by atomic mass is 10.4. The lowest BCUT2D eigenvalue weighted by molar-refractivity contribution is -0.0723. The first-order valence-corrected chi connectivity index (χ1v) is 3.41. The molecule has 0 bridgehead atoms. The van der Waals surface area contributed by atoms with Gasteiger partial charge >= 0.3 is 0 Å². The molecule has 1 aromatic rings. The molecule has 0 saturated carbocycles. The molecule has 2 heterocycles. The smallest absolute Gasteiger partial charge is 0.175 e. The van der Waals surface area contributed by atoms with Crippen LogP contribution in [0.4, 0.5) is 0 Å². The predicted octanol–water partition coefficient (Wildman–Crippen LogP) is -0.0467. The van der Waals surface area contributed by atoms with E-state index in [1.807, 2.05) is 0 Å². The van der Waals surface area contributed by atoms with E-state index < -0.39 is 0 Å². The molecular weight excluding hydrogens is 146 g/mol. The van der Waals surface area contributed by atoms with Gasteiger partial charge in [0.25, 0.3) is 0 Å². The summed E-state index contributed by atoms with van der Waals surface area (Å²) in [5, 5.41) is 7.63. The van der Waals surface area contributed by atoms with Crippen LogP contribution in [0.15, 0.2) is 6.20 Å². The van der Waals surface area contributed by atoms with Crippen LogP contribution in [0.2, 0.25) is 0 Å². The monoisotopic (exact) mass is 155 g/mol. The maximum atomic E-state index is 5.23. The standard InChI is InChI=1S/C6H9N3O2/c1-10-6-4-11-3-5-2-7-8-9(5)6/h2,6H,3-4H2,1H3. The Balaban J connectivity index is 2.32. The van der Waals surface area contributed by atoms with Gasteiger partial charge in [-0.1, -0.05) is 5.21 Å². The molecule has 0 aromatic carbocycles. The summed E-state index contributed by atoms with van der Waals surface area (Å²) in [7, 11) is 1.63. The van der Waals surface area contributed by atoms with E-state index in [9.17, 15) is 0 Å². The number of ether oxygens (including phenoxy) is 2. The second-order valence-corrected chi connectivity index (χ2v) is 2.38. The summed E-state index contributed by atoms with van der Waals surface area (Å²) in [6.07, 6.45) is 1.58. The summed E-state index contributed by atoms with van der Waals surface area (Å²) < 4.78 is 12.1. The lowest BCUT2D eigenvalue weighted by Gasteiger charge is -2.21. The Kier molecular flexibility index (Phi) is 1.59. The maximum absolute atomic E-state index is 5.23. The first-order valence-electron chi connectivity index (χ1n) is 3.41. The molecule has 0 spiro atoms. The Labute approximate surface area is 63.9 Å². The highest BCUT2D eigenvalue weighted by atomic mass is 16.5. The van der Waals surface area contributed by atoms with Crippen LogP contribution in [-0.2, 0) is 16.1 Å². The van der Waals surface area contributed by atoms with Gasteiger partial charge in [0.1, 0.15) is 0 Å². The van der Waals surface area contributed by atoms with Gasteiger partial charge in [-0.15, -0.1) is 5.10 Å². The lowest BCUT2D eigenvalue weighted by Crippen LogP contribution is -2.25. The van der Waals surface area contributed by atoms with Crippen molar-refractivity contribution in [1.82, 2.24) is 15.0 Å². The minimum absolute atomic E-state index is 0.110. The van der Waals surface area contributed by atoms with Crippen molar-refractivity contribution in [3.05, 3.63) is 11.9 Å². The van der Waals surface area contributed by atoms with Crippen LogP contribution >= 0.6 is 0 Å². The third-order valence-corrected chi connectivity index (χ3v) is 1.70. The highest BCUT2D eigenvalue weighted by molar-refractivity contribution is 4.94. The van der Waals surface area contributed by atoms with E-state index >= 15 is 0 Å². The number of hydrogen-bond acceptors (Lipinski definition) is 4. The number of fused-ring (bicyclic) bond motifs is 1. The second kappa shape index (κ2) is 2.60. The number of hydrogen-bond donors (Lipinski definition) is 0. The van der Waals surface area contributed by atoms with Crippen molar-refractivity contribution in [2.24, 2.45) is 0 Å². The minimum Gasteiger partial charge on any atom is -0.370 e. The molecule has 0 aliphatic carbocycles. The Hall–Kier alpha value is -0.940. The number of rotatable bonds is 1. The highest BCUT2D eigenvalue weighted by Gasteiger charge is 2.20. The van der Waals surface area contributed by atoms with Crippen LogP contribution in [0, 0.1) is 0 Å². The van der Waals surface area contributed by atoms with Crippen LogP contribution in [0.5, 0.6) is 0 Å². The number of methoxy groups -OCH3 is 1. The quantitative estimate of drug-likeness (QED) is 0.570. The molecule has 0 saturated heterocycles. The fraction of sp³-hybridized carbons (Fsp3) is 0.667. The summed E-state index contributed by atoms with van der Waals surface area (Å²) in [6.45, 7) is 1.12. The van der Waals surface area contributed by atoms with E-state index in [1.165, 1.54) is 0 Å². The molecule has 2 rings (SSSR count). The van der Waals surface area contributed by atoms with Gasteiger partial charge in [0.15, 0.2) is 6.23 Å². The van der Waals surface area contributed by atoms with Crippen LogP contribution in [0.3, 0.4) is 0 Å². The first kappa shape index (κ1) is 6.75. The van der Waals surface area contributed by atoms with Crippen molar-refractivity contribution < 1.29 is 9.47 Å². The van der Waals surface area contributed by atoms with E-state index in [2.05, 4.69) is 10.3 Å². The van der Waals surface area contributed by atoms with Crippen molar-refractivity contribution in [1.29, 1.82) is 0 Å². The number of nitrogens with zero attached hydrogens (tertiary/aromatic N) is 3. The van der Waals surface area contributed by atoms with Gasteiger partial charge in [-0.2, -0.15) is 0 Å². The third kappa shape index (κ3) is 1.02. The molecule has 60 valence electrons. The first-order chi connectivity index (χ1) is 5.42. The van der Waals surface area contributed by atoms with E-state index in [1.54, 1.807) is 18.0 Å². The fourth-order valence-corrected chi connectivity index (χ4v) is 1.11. The van der Waals surface area contributed by atoms with Crippen molar-refractivity contribution in [3.63, 3.8) is 0 Å². The zero-order valence-electron chi connectivity index (χ0n) is 6.23. The zero-order valence-corrected chi connectivity index (χ0v) is 6.23. The molecule has 1 aromatic heterocycles. The fourth-order valence-electron chi connectivity index (χ4n) is 1.11. The molecule has 1 aliphatic heterocycles. The van der Waals surface area contributed by atoms with Crippen molar-refractivity contribution in [2.45, 2.75) is 12.8 Å². The maximum Gasteiger partial charge on any atom is 0.175 e. The molecular formula is C6H9N3O2. The van der Waals surface area contributed by atoms with Crippen LogP contribution in [0.1, 0.15) is 11.9 Å². The molecule has 1 atom stereocenters. The Bertz CT molecular complexity index is 248. The van der Waals surface area contributed by atoms with E-state index in [0.29, 0.717) is 13.2 Å². The van der Waals surface area contributed by atoms with Crippen LogP contribution < -0.4 is 0 Å². The van der Waals surface area contributed by atoms with Gasteiger partial charge in [0.05, 0.1) is 25.1 Å². The summed E-state index contributed by atoms with van der Waals surface area (Å²) in [4.78, 5) is 0. The van der Waals surface area contributed by atoms with Gasteiger partial charge < -0.3 is 9.47 Å². The molecule has 11 heavy (non-hydrogen) atoms. The molecule has 0 amide bonds.